The molecule has 0 fully saturated rings. The first-order valence-corrected chi connectivity index (χ1v) is 7.93. The quantitative estimate of drug-likeness (QED) is 0.876. The molecule has 0 saturated carbocycles. The second kappa shape index (κ2) is 6.09. The van der Waals surface area contributed by atoms with Crippen LogP contribution in [0, 0.1) is 11.6 Å². The van der Waals surface area contributed by atoms with Crippen LogP contribution in [0.25, 0.3) is 0 Å². The van der Waals surface area contributed by atoms with Crippen molar-refractivity contribution < 1.29 is 17.2 Å². The van der Waals surface area contributed by atoms with Crippen molar-refractivity contribution in [1.29, 1.82) is 0 Å². The Morgan fingerprint density at radius 2 is 1.71 bits per heavy atom. The maximum absolute atomic E-state index is 13.9. The lowest BCUT2D eigenvalue weighted by Gasteiger charge is -2.18. The van der Waals surface area contributed by atoms with Gasteiger partial charge in [0.25, 0.3) is 0 Å². The zero-order chi connectivity index (χ0) is 15.6. The van der Waals surface area contributed by atoms with Crippen molar-refractivity contribution in [3.63, 3.8) is 0 Å². The molecule has 112 valence electrons. The standard InChI is InChI=1S/C14H12ClF2NO2S/c15-11-2-1-3-12(17)14(11)13(8-18)21(19,20)10-6-4-9(16)5-7-10/h1-7,13H,8,18H2. The topological polar surface area (TPSA) is 60.2 Å². The highest BCUT2D eigenvalue weighted by Crippen LogP contribution is 2.34. The van der Waals surface area contributed by atoms with Gasteiger partial charge >= 0.3 is 0 Å². The van der Waals surface area contributed by atoms with Crippen LogP contribution in [0.5, 0.6) is 0 Å². The van der Waals surface area contributed by atoms with Crippen molar-refractivity contribution in [1.82, 2.24) is 0 Å². The van der Waals surface area contributed by atoms with Gasteiger partial charge in [0, 0.05) is 17.1 Å². The lowest BCUT2D eigenvalue weighted by atomic mass is 10.1. The summed E-state index contributed by atoms with van der Waals surface area (Å²) in [7, 11) is -3.98. The van der Waals surface area contributed by atoms with E-state index in [2.05, 4.69) is 0 Å². The van der Waals surface area contributed by atoms with Crippen molar-refractivity contribution in [2.45, 2.75) is 10.1 Å². The Morgan fingerprint density at radius 1 is 1.10 bits per heavy atom. The van der Waals surface area contributed by atoms with E-state index in [1.807, 2.05) is 0 Å². The third kappa shape index (κ3) is 3.07. The highest BCUT2D eigenvalue weighted by Gasteiger charge is 2.31. The van der Waals surface area contributed by atoms with Gasteiger partial charge in [-0.25, -0.2) is 17.2 Å². The van der Waals surface area contributed by atoms with Crippen LogP contribution in [0.4, 0.5) is 8.78 Å². The Bertz CT molecular complexity index is 728. The molecule has 1 atom stereocenters. The van der Waals surface area contributed by atoms with Gasteiger partial charge in [-0.15, -0.1) is 0 Å². The minimum absolute atomic E-state index is 0.0175. The Hall–Kier alpha value is -1.50. The molecule has 1 unspecified atom stereocenters. The molecule has 21 heavy (non-hydrogen) atoms. The highest BCUT2D eigenvalue weighted by atomic mass is 35.5. The Kier molecular flexibility index (Phi) is 4.61. The van der Waals surface area contributed by atoms with E-state index in [4.69, 9.17) is 17.3 Å². The molecule has 3 nitrogen and oxygen atoms in total. The summed E-state index contributed by atoms with van der Waals surface area (Å²) in [5.74, 6) is -1.31. The molecule has 0 radical (unpaired) electrons. The molecule has 0 saturated heterocycles. The van der Waals surface area contributed by atoms with Crippen LogP contribution in [0.3, 0.4) is 0 Å². The van der Waals surface area contributed by atoms with Crippen LogP contribution < -0.4 is 5.73 Å². The fraction of sp³-hybridized carbons (Fsp3) is 0.143. The SMILES string of the molecule is NCC(c1c(F)cccc1Cl)S(=O)(=O)c1ccc(F)cc1. The van der Waals surface area contributed by atoms with E-state index in [0.717, 1.165) is 30.3 Å². The number of hydrogen-bond donors (Lipinski definition) is 1. The molecule has 0 heterocycles. The summed E-state index contributed by atoms with van der Waals surface area (Å²) < 4.78 is 51.9. The van der Waals surface area contributed by atoms with Crippen LogP contribution in [0.1, 0.15) is 10.8 Å². The van der Waals surface area contributed by atoms with E-state index >= 15 is 0 Å². The van der Waals surface area contributed by atoms with Gasteiger partial charge in [0.2, 0.25) is 0 Å². The second-order valence-electron chi connectivity index (χ2n) is 4.36. The number of nitrogens with two attached hydrogens (primary N) is 1. The number of halogens is 3. The molecule has 0 aliphatic carbocycles. The van der Waals surface area contributed by atoms with Crippen LogP contribution in [0.15, 0.2) is 47.4 Å². The van der Waals surface area contributed by atoms with E-state index in [9.17, 15) is 17.2 Å². The van der Waals surface area contributed by atoms with Gasteiger partial charge in [0.1, 0.15) is 16.9 Å². The predicted octanol–water partition coefficient (Wildman–Crippen LogP) is 3.09. The van der Waals surface area contributed by atoms with E-state index in [0.29, 0.717) is 0 Å². The van der Waals surface area contributed by atoms with Gasteiger partial charge in [-0.1, -0.05) is 17.7 Å². The second-order valence-corrected chi connectivity index (χ2v) is 6.90. The van der Waals surface area contributed by atoms with E-state index < -0.39 is 26.7 Å². The van der Waals surface area contributed by atoms with E-state index in [1.165, 1.54) is 12.1 Å². The molecular formula is C14H12ClF2NO2S. The van der Waals surface area contributed by atoms with Crippen molar-refractivity contribution in [2.75, 3.05) is 6.54 Å². The van der Waals surface area contributed by atoms with Gasteiger partial charge < -0.3 is 5.73 Å². The first-order valence-electron chi connectivity index (χ1n) is 6.01. The van der Waals surface area contributed by atoms with Crippen LogP contribution in [0.2, 0.25) is 5.02 Å². The largest absolute Gasteiger partial charge is 0.329 e. The Labute approximate surface area is 126 Å². The number of sulfone groups is 1. The summed E-state index contributed by atoms with van der Waals surface area (Å²) in [5, 5.41) is -1.35. The molecule has 2 aromatic carbocycles. The summed E-state index contributed by atoms with van der Waals surface area (Å²) in [6, 6.07) is 8.14. The highest BCUT2D eigenvalue weighted by molar-refractivity contribution is 7.91. The Morgan fingerprint density at radius 3 is 2.24 bits per heavy atom. The maximum Gasteiger partial charge on any atom is 0.186 e. The van der Waals surface area contributed by atoms with Crippen LogP contribution in [-0.4, -0.2) is 15.0 Å². The fourth-order valence-corrected chi connectivity index (χ4v) is 4.01. The molecule has 0 aliphatic heterocycles. The minimum atomic E-state index is -3.98. The molecule has 7 heteroatoms. The van der Waals surface area contributed by atoms with Crippen molar-refractivity contribution in [3.8, 4) is 0 Å². The summed E-state index contributed by atoms with van der Waals surface area (Å²) in [4.78, 5) is -0.140. The predicted molar refractivity (Wildman–Crippen MR) is 76.8 cm³/mol. The number of rotatable bonds is 4. The minimum Gasteiger partial charge on any atom is -0.329 e. The smallest absolute Gasteiger partial charge is 0.186 e. The molecule has 0 spiro atoms. The van der Waals surface area contributed by atoms with Gasteiger partial charge in [0.15, 0.2) is 9.84 Å². The number of hydrogen-bond acceptors (Lipinski definition) is 3. The Balaban J connectivity index is 2.57. The average molecular weight is 332 g/mol. The first-order chi connectivity index (χ1) is 9.87. The molecule has 0 amide bonds. The molecule has 0 bridgehead atoms. The van der Waals surface area contributed by atoms with E-state index in [-0.39, 0.29) is 22.0 Å². The van der Waals surface area contributed by atoms with Gasteiger partial charge in [-0.3, -0.25) is 0 Å². The van der Waals surface area contributed by atoms with Crippen molar-refractivity contribution in [3.05, 3.63) is 64.7 Å². The zero-order valence-corrected chi connectivity index (χ0v) is 12.3. The molecular weight excluding hydrogens is 320 g/mol. The van der Waals surface area contributed by atoms with Crippen LogP contribution >= 0.6 is 11.6 Å². The van der Waals surface area contributed by atoms with Gasteiger partial charge in [0.05, 0.1) is 4.90 Å². The molecule has 0 aliphatic rings. The first kappa shape index (κ1) is 15.9. The lowest BCUT2D eigenvalue weighted by molar-refractivity contribution is 0.568. The maximum atomic E-state index is 13.9. The third-order valence-corrected chi connectivity index (χ3v) is 5.49. The molecule has 2 N–H and O–H groups in total. The fourth-order valence-electron chi connectivity index (χ4n) is 2.01. The van der Waals surface area contributed by atoms with Crippen molar-refractivity contribution in [2.24, 2.45) is 5.73 Å². The molecule has 0 aromatic heterocycles. The summed E-state index contributed by atoms with van der Waals surface area (Å²) in [5.41, 5.74) is 5.34. The van der Waals surface area contributed by atoms with Crippen molar-refractivity contribution >= 4 is 21.4 Å². The normalized spacial score (nSPS) is 13.1. The van der Waals surface area contributed by atoms with Gasteiger partial charge in [-0.2, -0.15) is 0 Å². The summed E-state index contributed by atoms with van der Waals surface area (Å²) >= 11 is 5.90. The molecule has 2 rings (SSSR count). The van der Waals surface area contributed by atoms with Gasteiger partial charge in [-0.05, 0) is 36.4 Å². The number of benzene rings is 2. The zero-order valence-electron chi connectivity index (χ0n) is 10.8. The summed E-state index contributed by atoms with van der Waals surface area (Å²) in [6.45, 7) is -0.347. The molecule has 2 aromatic rings. The average Bonchev–Trinajstić information content (AvgIpc) is 2.43. The summed E-state index contributed by atoms with van der Waals surface area (Å²) in [6.07, 6.45) is 0. The monoisotopic (exact) mass is 331 g/mol. The third-order valence-electron chi connectivity index (χ3n) is 3.05. The van der Waals surface area contributed by atoms with Crippen LogP contribution in [-0.2, 0) is 9.84 Å². The van der Waals surface area contributed by atoms with E-state index in [1.54, 1.807) is 0 Å². The lowest BCUT2D eigenvalue weighted by Crippen LogP contribution is -2.23.